The first-order valence-corrected chi connectivity index (χ1v) is 10.6. The Morgan fingerprint density at radius 3 is 2.79 bits per heavy atom. The number of hydrogen-bond donors (Lipinski definition) is 2. The van der Waals surface area contributed by atoms with Crippen molar-refractivity contribution in [1.29, 1.82) is 5.26 Å². The third-order valence-corrected chi connectivity index (χ3v) is 5.41. The summed E-state index contributed by atoms with van der Waals surface area (Å²) in [6.45, 7) is 2.42. The second kappa shape index (κ2) is 8.52. The number of aromatic nitrogens is 5. The Bertz CT molecular complexity index is 1570. The number of aryl methyl sites for hydroxylation is 1. The van der Waals surface area contributed by atoms with Crippen molar-refractivity contribution < 1.29 is 4.79 Å². The fraction of sp³-hybridized carbons (Fsp3) is 0.0800. The predicted molar refractivity (Wildman–Crippen MR) is 127 cm³/mol. The molecule has 166 valence electrons. The minimum absolute atomic E-state index is 0.345. The van der Waals surface area contributed by atoms with E-state index in [1.807, 2.05) is 61.5 Å². The van der Waals surface area contributed by atoms with Crippen LogP contribution in [-0.4, -0.2) is 30.3 Å². The largest absolute Gasteiger partial charge is 0.365 e. The molecule has 9 heteroatoms. The van der Waals surface area contributed by atoms with Crippen LogP contribution in [0.2, 0.25) is 0 Å². The number of nitrogens with one attached hydrogen (secondary N) is 1. The van der Waals surface area contributed by atoms with E-state index in [-0.39, 0.29) is 0 Å². The number of rotatable bonds is 6. The fourth-order valence-corrected chi connectivity index (χ4v) is 3.77. The number of primary amides is 1. The molecule has 0 radical (unpaired) electrons. The van der Waals surface area contributed by atoms with Gasteiger partial charge in [-0.1, -0.05) is 18.2 Å². The Labute approximate surface area is 195 Å². The number of carbonyl (C=O) groups excluding carboxylic acids is 1. The summed E-state index contributed by atoms with van der Waals surface area (Å²) in [6, 6.07) is 21.0. The van der Waals surface area contributed by atoms with E-state index in [0.717, 1.165) is 22.5 Å². The molecule has 34 heavy (non-hydrogen) atoms. The highest BCUT2D eigenvalue weighted by molar-refractivity contribution is 6.00. The van der Waals surface area contributed by atoms with Crippen molar-refractivity contribution in [3.05, 3.63) is 95.4 Å². The Balaban J connectivity index is 1.57. The van der Waals surface area contributed by atoms with Crippen molar-refractivity contribution in [3.63, 3.8) is 0 Å². The highest BCUT2D eigenvalue weighted by atomic mass is 16.1. The molecule has 0 aliphatic carbocycles. The zero-order chi connectivity index (χ0) is 23.7. The molecule has 0 aliphatic heterocycles. The second-order valence-corrected chi connectivity index (χ2v) is 7.80. The number of benzene rings is 1. The van der Waals surface area contributed by atoms with E-state index >= 15 is 0 Å². The van der Waals surface area contributed by atoms with E-state index in [1.54, 1.807) is 21.5 Å². The topological polar surface area (TPSA) is 127 Å². The summed E-state index contributed by atoms with van der Waals surface area (Å²) >= 11 is 0. The SMILES string of the molecule is Cc1cccc(-n2nc(NCc3cccc(C#N)c3)cc2-c2ccn3ncc(C(N)=O)c3c2)n1. The number of nitrogens with two attached hydrogens (primary N) is 1. The smallest absolute Gasteiger partial charge is 0.252 e. The number of nitriles is 1. The maximum atomic E-state index is 11.8. The molecule has 0 atom stereocenters. The Hall–Kier alpha value is -4.97. The van der Waals surface area contributed by atoms with Crippen molar-refractivity contribution in [2.24, 2.45) is 5.73 Å². The number of anilines is 1. The molecule has 0 spiro atoms. The molecule has 9 nitrogen and oxygen atoms in total. The van der Waals surface area contributed by atoms with Crippen LogP contribution in [0.3, 0.4) is 0 Å². The van der Waals surface area contributed by atoms with Gasteiger partial charge in [0.25, 0.3) is 5.91 Å². The van der Waals surface area contributed by atoms with Crippen molar-refractivity contribution >= 4 is 17.2 Å². The first kappa shape index (κ1) is 20.9. The fourth-order valence-electron chi connectivity index (χ4n) is 3.77. The molecule has 1 amide bonds. The van der Waals surface area contributed by atoms with Gasteiger partial charge in [0.1, 0.15) is 5.82 Å². The summed E-state index contributed by atoms with van der Waals surface area (Å²) in [6.07, 6.45) is 3.24. The van der Waals surface area contributed by atoms with E-state index in [4.69, 9.17) is 16.1 Å². The molecule has 0 aliphatic rings. The molecular weight excluding hydrogens is 428 g/mol. The molecule has 0 saturated heterocycles. The Morgan fingerprint density at radius 1 is 1.15 bits per heavy atom. The minimum atomic E-state index is -0.539. The number of nitrogens with zero attached hydrogens (tertiary/aromatic N) is 6. The van der Waals surface area contributed by atoms with E-state index in [9.17, 15) is 4.79 Å². The third kappa shape index (κ3) is 3.96. The first-order chi connectivity index (χ1) is 16.5. The van der Waals surface area contributed by atoms with Gasteiger partial charge < -0.3 is 11.1 Å². The molecule has 0 fully saturated rings. The summed E-state index contributed by atoms with van der Waals surface area (Å²) in [7, 11) is 0. The molecule has 0 unspecified atom stereocenters. The average Bonchev–Trinajstić information content (AvgIpc) is 3.47. The van der Waals surface area contributed by atoms with E-state index in [0.29, 0.717) is 34.8 Å². The predicted octanol–water partition coefficient (Wildman–Crippen LogP) is 3.47. The van der Waals surface area contributed by atoms with Crippen LogP contribution in [0.1, 0.15) is 27.2 Å². The van der Waals surface area contributed by atoms with E-state index < -0.39 is 5.91 Å². The lowest BCUT2D eigenvalue weighted by Crippen LogP contribution is -2.10. The summed E-state index contributed by atoms with van der Waals surface area (Å²) in [4.78, 5) is 16.5. The van der Waals surface area contributed by atoms with Gasteiger partial charge >= 0.3 is 0 Å². The number of amides is 1. The van der Waals surface area contributed by atoms with Crippen molar-refractivity contribution in [2.45, 2.75) is 13.5 Å². The van der Waals surface area contributed by atoms with Crippen LogP contribution in [0.25, 0.3) is 22.6 Å². The highest BCUT2D eigenvalue weighted by Gasteiger charge is 2.16. The third-order valence-electron chi connectivity index (χ3n) is 5.41. The van der Waals surface area contributed by atoms with Crippen molar-refractivity contribution in [1.82, 2.24) is 24.4 Å². The van der Waals surface area contributed by atoms with Gasteiger partial charge in [-0.2, -0.15) is 10.4 Å². The van der Waals surface area contributed by atoms with Crippen LogP contribution < -0.4 is 11.1 Å². The van der Waals surface area contributed by atoms with Gasteiger partial charge in [0.2, 0.25) is 0 Å². The Morgan fingerprint density at radius 2 is 2.00 bits per heavy atom. The van der Waals surface area contributed by atoms with Crippen LogP contribution in [0.15, 0.2) is 73.1 Å². The number of pyridine rings is 2. The zero-order valence-electron chi connectivity index (χ0n) is 18.3. The maximum absolute atomic E-state index is 11.8. The summed E-state index contributed by atoms with van der Waals surface area (Å²) in [5.41, 5.74) is 10.5. The zero-order valence-corrected chi connectivity index (χ0v) is 18.3. The van der Waals surface area contributed by atoms with Crippen molar-refractivity contribution in [2.75, 3.05) is 5.32 Å². The quantitative estimate of drug-likeness (QED) is 0.409. The number of fused-ring (bicyclic) bond motifs is 1. The van der Waals surface area contributed by atoms with E-state index in [1.165, 1.54) is 6.20 Å². The molecule has 4 aromatic heterocycles. The van der Waals surface area contributed by atoms with Gasteiger partial charge in [-0.25, -0.2) is 14.2 Å². The number of carbonyl (C=O) groups is 1. The van der Waals surface area contributed by atoms with Crippen LogP contribution in [0.5, 0.6) is 0 Å². The lowest BCUT2D eigenvalue weighted by molar-refractivity contribution is 0.100. The molecule has 5 aromatic rings. The summed E-state index contributed by atoms with van der Waals surface area (Å²) in [5, 5.41) is 21.4. The Kier molecular flexibility index (Phi) is 5.24. The monoisotopic (exact) mass is 448 g/mol. The van der Waals surface area contributed by atoms with Gasteiger partial charge in [0.15, 0.2) is 5.82 Å². The van der Waals surface area contributed by atoms with Gasteiger partial charge in [-0.15, -0.1) is 5.10 Å². The molecule has 3 N–H and O–H groups in total. The molecule has 0 bridgehead atoms. The van der Waals surface area contributed by atoms with Crippen LogP contribution in [0.4, 0.5) is 5.82 Å². The van der Waals surface area contributed by atoms with E-state index in [2.05, 4.69) is 21.5 Å². The maximum Gasteiger partial charge on any atom is 0.252 e. The molecular formula is C25H20N8O. The molecule has 1 aromatic carbocycles. The normalized spacial score (nSPS) is 10.8. The second-order valence-electron chi connectivity index (χ2n) is 7.80. The standard InChI is InChI=1S/C25H20N8O/c1-16-4-2-7-24(30-16)33-21(19-8-9-32-22(11-19)20(15-29-32)25(27)34)12-23(31-33)28-14-18-6-3-5-17(10-18)13-26/h2-12,15H,14H2,1H3,(H2,27,34)(H,28,31). The van der Waals surface area contributed by atoms with Crippen LogP contribution in [-0.2, 0) is 6.54 Å². The van der Waals surface area contributed by atoms with Gasteiger partial charge in [0.05, 0.1) is 34.6 Å². The highest BCUT2D eigenvalue weighted by Crippen LogP contribution is 2.27. The summed E-state index contributed by atoms with van der Waals surface area (Å²) in [5.74, 6) is 0.769. The summed E-state index contributed by atoms with van der Waals surface area (Å²) < 4.78 is 3.36. The first-order valence-electron chi connectivity index (χ1n) is 10.6. The lowest BCUT2D eigenvalue weighted by Gasteiger charge is -2.08. The molecule has 4 heterocycles. The van der Waals surface area contributed by atoms with Crippen LogP contribution >= 0.6 is 0 Å². The van der Waals surface area contributed by atoms with Gasteiger partial charge in [-0.3, -0.25) is 4.79 Å². The lowest BCUT2D eigenvalue weighted by atomic mass is 10.1. The number of hydrogen-bond acceptors (Lipinski definition) is 6. The van der Waals surface area contributed by atoms with Crippen molar-refractivity contribution in [3.8, 4) is 23.1 Å². The average molecular weight is 448 g/mol. The van der Waals surface area contributed by atoms with Gasteiger partial charge in [0, 0.05) is 30.1 Å². The van der Waals surface area contributed by atoms with Crippen LogP contribution in [0, 0.1) is 18.3 Å². The van der Waals surface area contributed by atoms with Gasteiger partial charge in [-0.05, 0) is 48.9 Å². The molecule has 5 rings (SSSR count). The molecule has 0 saturated carbocycles. The minimum Gasteiger partial charge on any atom is -0.365 e.